The normalized spacial score (nSPS) is 27.3. The first kappa shape index (κ1) is 14.5. The van der Waals surface area contributed by atoms with E-state index in [1.54, 1.807) is 11.8 Å². The third-order valence-electron chi connectivity index (χ3n) is 4.90. The molecule has 120 valence electrons. The second-order valence-electron chi connectivity index (χ2n) is 6.25. The van der Waals surface area contributed by atoms with Gasteiger partial charge in [-0.1, -0.05) is 16.6 Å². The van der Waals surface area contributed by atoms with Crippen molar-refractivity contribution in [3.8, 4) is 0 Å². The number of aryl methyl sites for hydroxylation is 1. The van der Waals surface area contributed by atoms with Crippen molar-refractivity contribution in [3.63, 3.8) is 0 Å². The van der Waals surface area contributed by atoms with E-state index in [-0.39, 0.29) is 35.6 Å². The highest BCUT2D eigenvalue weighted by Crippen LogP contribution is 2.37. The van der Waals surface area contributed by atoms with Crippen molar-refractivity contribution in [2.24, 2.45) is 11.8 Å². The first-order valence-electron chi connectivity index (χ1n) is 7.68. The van der Waals surface area contributed by atoms with Crippen LogP contribution < -0.4 is 0 Å². The fraction of sp³-hybridized carbons (Fsp3) is 0.533. The lowest BCUT2D eigenvalue weighted by Gasteiger charge is -2.42. The van der Waals surface area contributed by atoms with Crippen LogP contribution in [-0.2, 0) is 9.59 Å². The molecule has 2 unspecified atom stereocenters. The predicted octanol–water partition coefficient (Wildman–Crippen LogP) is 0.622. The van der Waals surface area contributed by atoms with E-state index in [0.29, 0.717) is 36.5 Å². The molecule has 0 saturated carbocycles. The fourth-order valence-corrected chi connectivity index (χ4v) is 4.17. The molecule has 2 atom stereocenters. The lowest BCUT2D eigenvalue weighted by Crippen LogP contribution is -2.62. The molecular weight excluding hydrogens is 316 g/mol. The monoisotopic (exact) mass is 332 g/mol. The Morgan fingerprint density at radius 3 is 2.30 bits per heavy atom. The zero-order chi connectivity index (χ0) is 16.1. The topological polar surface area (TPSA) is 83.5 Å². The summed E-state index contributed by atoms with van der Waals surface area (Å²) in [4.78, 5) is 40.9. The molecule has 0 radical (unpaired) electrons. The van der Waals surface area contributed by atoms with Crippen molar-refractivity contribution < 1.29 is 14.4 Å². The van der Waals surface area contributed by atoms with Gasteiger partial charge < -0.3 is 4.90 Å². The molecule has 3 aliphatic rings. The molecule has 2 fully saturated rings. The van der Waals surface area contributed by atoms with Crippen LogP contribution in [0.15, 0.2) is 12.2 Å². The van der Waals surface area contributed by atoms with Crippen LogP contribution in [0.25, 0.3) is 0 Å². The standard InChI is InChI=1S/C15H16N4O3S/c1-8-12(23-17-16-8)15(22)18-6-9(7-18)19-13(20)10-4-2-3-5-11(10)14(19)21/h2-3,9-11H,4-7H2,1H3. The zero-order valence-corrected chi connectivity index (χ0v) is 13.5. The van der Waals surface area contributed by atoms with Crippen LogP contribution in [0, 0.1) is 18.8 Å². The highest BCUT2D eigenvalue weighted by molar-refractivity contribution is 7.07. The number of rotatable bonds is 2. The predicted molar refractivity (Wildman–Crippen MR) is 81.5 cm³/mol. The number of likely N-dealkylation sites (tertiary alicyclic amines) is 2. The average molecular weight is 332 g/mol. The lowest BCUT2D eigenvalue weighted by atomic mass is 9.85. The molecule has 7 nitrogen and oxygen atoms in total. The van der Waals surface area contributed by atoms with Gasteiger partial charge in [-0.15, -0.1) is 5.10 Å². The van der Waals surface area contributed by atoms with E-state index >= 15 is 0 Å². The van der Waals surface area contributed by atoms with Gasteiger partial charge in [0.1, 0.15) is 4.88 Å². The van der Waals surface area contributed by atoms with Gasteiger partial charge in [-0.25, -0.2) is 0 Å². The summed E-state index contributed by atoms with van der Waals surface area (Å²) in [7, 11) is 0. The van der Waals surface area contributed by atoms with Gasteiger partial charge in [0.2, 0.25) is 11.8 Å². The van der Waals surface area contributed by atoms with E-state index in [1.807, 2.05) is 12.2 Å². The highest BCUT2D eigenvalue weighted by atomic mass is 32.1. The van der Waals surface area contributed by atoms with Gasteiger partial charge in [-0.3, -0.25) is 19.3 Å². The first-order chi connectivity index (χ1) is 11.1. The van der Waals surface area contributed by atoms with Gasteiger partial charge in [0, 0.05) is 13.1 Å². The fourth-order valence-electron chi connectivity index (χ4n) is 3.54. The molecule has 23 heavy (non-hydrogen) atoms. The molecule has 8 heteroatoms. The van der Waals surface area contributed by atoms with Crippen molar-refractivity contribution in [1.82, 2.24) is 19.4 Å². The number of aromatic nitrogens is 2. The Bertz CT molecular complexity index is 696. The molecule has 0 spiro atoms. The van der Waals surface area contributed by atoms with Crippen LogP contribution in [0.5, 0.6) is 0 Å². The number of hydrogen-bond donors (Lipinski definition) is 0. The average Bonchev–Trinajstić information content (AvgIpc) is 3.03. The van der Waals surface area contributed by atoms with Gasteiger partial charge in [0.25, 0.3) is 5.91 Å². The Morgan fingerprint density at radius 2 is 1.78 bits per heavy atom. The second-order valence-corrected chi connectivity index (χ2v) is 7.01. The SMILES string of the molecule is Cc1nnsc1C(=O)N1CC(N2C(=O)C3CC=CCC3C2=O)C1. The molecular formula is C15H16N4O3S. The van der Waals surface area contributed by atoms with Crippen molar-refractivity contribution in [2.45, 2.75) is 25.8 Å². The summed E-state index contributed by atoms with van der Waals surface area (Å²) in [6.07, 6.45) is 5.25. The maximum absolute atomic E-state index is 12.5. The number of fused-ring (bicyclic) bond motifs is 1. The Hall–Kier alpha value is -2.09. The van der Waals surface area contributed by atoms with Crippen molar-refractivity contribution in [3.05, 3.63) is 22.7 Å². The summed E-state index contributed by atoms with van der Waals surface area (Å²) in [5, 5.41) is 3.84. The Balaban J connectivity index is 1.44. The molecule has 0 aromatic carbocycles. The molecule has 4 rings (SSSR count). The van der Waals surface area contributed by atoms with Gasteiger partial charge in [-0.05, 0) is 31.3 Å². The number of carbonyl (C=O) groups is 3. The van der Waals surface area contributed by atoms with E-state index < -0.39 is 0 Å². The third kappa shape index (κ3) is 2.12. The molecule has 3 heterocycles. The van der Waals surface area contributed by atoms with E-state index in [1.165, 1.54) is 4.90 Å². The van der Waals surface area contributed by atoms with Gasteiger partial charge in [0.15, 0.2) is 0 Å². The molecule has 2 saturated heterocycles. The highest BCUT2D eigenvalue weighted by Gasteiger charge is 2.52. The number of hydrogen-bond acceptors (Lipinski definition) is 6. The summed E-state index contributed by atoms with van der Waals surface area (Å²) >= 11 is 1.08. The van der Waals surface area contributed by atoms with Gasteiger partial charge >= 0.3 is 0 Å². The number of nitrogens with zero attached hydrogens (tertiary/aromatic N) is 4. The van der Waals surface area contributed by atoms with E-state index in [0.717, 1.165) is 11.5 Å². The first-order valence-corrected chi connectivity index (χ1v) is 8.45. The molecule has 2 aliphatic heterocycles. The van der Waals surface area contributed by atoms with E-state index in [9.17, 15) is 14.4 Å². The van der Waals surface area contributed by atoms with Crippen LogP contribution in [0.1, 0.15) is 28.2 Å². The number of imide groups is 1. The van der Waals surface area contributed by atoms with E-state index in [2.05, 4.69) is 9.59 Å². The maximum Gasteiger partial charge on any atom is 0.267 e. The summed E-state index contributed by atoms with van der Waals surface area (Å²) in [6, 6.07) is -0.189. The quantitative estimate of drug-likeness (QED) is 0.586. The molecule has 1 aliphatic carbocycles. The number of amides is 3. The van der Waals surface area contributed by atoms with Crippen molar-refractivity contribution >= 4 is 29.3 Å². The Kier molecular flexibility index (Phi) is 3.29. The van der Waals surface area contributed by atoms with Crippen LogP contribution in [0.2, 0.25) is 0 Å². The molecule has 3 amide bonds. The van der Waals surface area contributed by atoms with Gasteiger partial charge in [0.05, 0.1) is 23.6 Å². The van der Waals surface area contributed by atoms with E-state index in [4.69, 9.17) is 0 Å². The summed E-state index contributed by atoms with van der Waals surface area (Å²) < 4.78 is 3.77. The van der Waals surface area contributed by atoms with Crippen LogP contribution in [0.3, 0.4) is 0 Å². The lowest BCUT2D eigenvalue weighted by molar-refractivity contribution is -0.145. The molecule has 0 bridgehead atoms. The molecule has 1 aromatic rings. The Labute approximate surface area is 137 Å². The van der Waals surface area contributed by atoms with Gasteiger partial charge in [-0.2, -0.15) is 0 Å². The smallest absolute Gasteiger partial charge is 0.267 e. The summed E-state index contributed by atoms with van der Waals surface area (Å²) in [5.41, 5.74) is 0.619. The summed E-state index contributed by atoms with van der Waals surface area (Å²) in [5.74, 6) is -0.670. The van der Waals surface area contributed by atoms with Crippen molar-refractivity contribution in [1.29, 1.82) is 0 Å². The van der Waals surface area contributed by atoms with Crippen LogP contribution >= 0.6 is 11.5 Å². The minimum Gasteiger partial charge on any atom is -0.334 e. The van der Waals surface area contributed by atoms with Crippen molar-refractivity contribution in [2.75, 3.05) is 13.1 Å². The minimum absolute atomic E-state index is 0.0721. The number of carbonyl (C=O) groups excluding carboxylic acids is 3. The minimum atomic E-state index is -0.204. The third-order valence-corrected chi connectivity index (χ3v) is 5.72. The van der Waals surface area contributed by atoms with Crippen LogP contribution in [-0.4, -0.2) is 56.2 Å². The maximum atomic E-state index is 12.5. The van der Waals surface area contributed by atoms with Crippen LogP contribution in [0.4, 0.5) is 0 Å². The second kappa shape index (κ2) is 5.23. The molecule has 0 N–H and O–H groups in total. The Morgan fingerprint density at radius 1 is 1.17 bits per heavy atom. The zero-order valence-electron chi connectivity index (χ0n) is 12.6. The summed E-state index contributed by atoms with van der Waals surface area (Å²) in [6.45, 7) is 2.56. The molecule has 1 aromatic heterocycles. The largest absolute Gasteiger partial charge is 0.334 e. The number of allylic oxidation sites excluding steroid dienone is 2.